The van der Waals surface area contributed by atoms with Gasteiger partial charge in [-0.1, -0.05) is 12.1 Å². The Kier molecular flexibility index (Phi) is 8.52. The Morgan fingerprint density at radius 1 is 1.17 bits per heavy atom. The minimum atomic E-state index is -3.35. The van der Waals surface area contributed by atoms with Crippen LogP contribution in [0.1, 0.15) is 22.1 Å². The van der Waals surface area contributed by atoms with Gasteiger partial charge in [0.25, 0.3) is 0 Å². The lowest BCUT2D eigenvalue weighted by atomic mass is 10.1. The highest BCUT2D eigenvalue weighted by Gasteiger charge is 2.10. The molecule has 0 aliphatic carbocycles. The lowest BCUT2D eigenvalue weighted by Gasteiger charge is -2.14. The van der Waals surface area contributed by atoms with Gasteiger partial charge in [-0.3, -0.25) is 4.72 Å². The minimum absolute atomic E-state index is 0. The van der Waals surface area contributed by atoms with Crippen molar-refractivity contribution in [2.45, 2.75) is 20.0 Å². The molecule has 0 aliphatic rings. The van der Waals surface area contributed by atoms with Crippen LogP contribution in [0.25, 0.3) is 10.1 Å². The van der Waals surface area contributed by atoms with Crippen molar-refractivity contribution < 1.29 is 18.3 Å². The Balaban J connectivity index is 0.00000320. The first-order valence-corrected chi connectivity index (χ1v) is 12.0. The van der Waals surface area contributed by atoms with Gasteiger partial charge in [0.1, 0.15) is 12.4 Å². The van der Waals surface area contributed by atoms with E-state index in [9.17, 15) is 13.5 Å². The topological polar surface area (TPSA) is 87.7 Å². The highest BCUT2D eigenvalue weighted by molar-refractivity contribution is 7.92. The number of sulfonamides is 1. The summed E-state index contributed by atoms with van der Waals surface area (Å²) in [4.78, 5) is 1.32. The Bertz CT molecular complexity index is 1100. The molecule has 164 valence electrons. The smallest absolute Gasteiger partial charge is 0.229 e. The van der Waals surface area contributed by atoms with E-state index < -0.39 is 16.1 Å². The molecule has 0 radical (unpaired) electrons. The zero-order chi connectivity index (χ0) is 21.0. The largest absolute Gasteiger partial charge is 0.492 e. The number of aryl methyl sites for hydroxylation is 2. The first kappa shape index (κ1) is 24.4. The second-order valence-electron chi connectivity index (χ2n) is 7.01. The monoisotopic (exact) mass is 470 g/mol. The first-order chi connectivity index (χ1) is 13.7. The summed E-state index contributed by atoms with van der Waals surface area (Å²) in [5.74, 6) is 0.834. The normalized spacial score (nSPS) is 12.4. The van der Waals surface area contributed by atoms with Crippen LogP contribution in [0, 0.1) is 13.8 Å². The van der Waals surface area contributed by atoms with Gasteiger partial charge in [-0.15, -0.1) is 23.7 Å². The van der Waals surface area contributed by atoms with E-state index >= 15 is 0 Å². The third-order valence-electron chi connectivity index (χ3n) is 4.61. The summed E-state index contributed by atoms with van der Waals surface area (Å²) in [5, 5.41) is 14.8. The van der Waals surface area contributed by atoms with Crippen molar-refractivity contribution in [2.24, 2.45) is 0 Å². The number of rotatable bonds is 9. The van der Waals surface area contributed by atoms with Gasteiger partial charge in [0.15, 0.2) is 0 Å². The Labute approximate surface area is 187 Å². The number of aliphatic hydroxyl groups is 1. The van der Waals surface area contributed by atoms with E-state index in [0.717, 1.165) is 12.0 Å². The zero-order valence-electron chi connectivity index (χ0n) is 17.1. The van der Waals surface area contributed by atoms with Crippen molar-refractivity contribution in [3.05, 3.63) is 58.5 Å². The lowest BCUT2D eigenvalue weighted by molar-refractivity contribution is 0.172. The van der Waals surface area contributed by atoms with Crippen LogP contribution in [-0.4, -0.2) is 39.5 Å². The van der Waals surface area contributed by atoms with Crippen LogP contribution in [0.5, 0.6) is 5.75 Å². The molecule has 30 heavy (non-hydrogen) atoms. The molecule has 0 saturated heterocycles. The van der Waals surface area contributed by atoms with E-state index in [2.05, 4.69) is 36.0 Å². The molecule has 9 heteroatoms. The van der Waals surface area contributed by atoms with Gasteiger partial charge in [0.2, 0.25) is 10.0 Å². The van der Waals surface area contributed by atoms with Crippen molar-refractivity contribution in [1.29, 1.82) is 0 Å². The van der Waals surface area contributed by atoms with Gasteiger partial charge in [0, 0.05) is 28.4 Å². The second-order valence-corrected chi connectivity index (χ2v) is 10.0. The molecule has 0 fully saturated rings. The molecule has 3 aromatic rings. The van der Waals surface area contributed by atoms with Gasteiger partial charge in [-0.25, -0.2) is 8.42 Å². The molecule has 0 aliphatic heterocycles. The number of hydrogen-bond acceptors (Lipinski definition) is 6. The summed E-state index contributed by atoms with van der Waals surface area (Å²) < 4.78 is 32.1. The number of aliphatic hydroxyl groups excluding tert-OH is 1. The molecule has 6 nitrogen and oxygen atoms in total. The molecule has 1 unspecified atom stereocenters. The molecule has 0 saturated carbocycles. The fourth-order valence-corrected chi connectivity index (χ4v) is 4.69. The van der Waals surface area contributed by atoms with E-state index in [1.807, 2.05) is 6.07 Å². The highest BCUT2D eigenvalue weighted by Crippen LogP contribution is 2.32. The van der Waals surface area contributed by atoms with Crippen LogP contribution in [0.3, 0.4) is 0 Å². The van der Waals surface area contributed by atoms with Crippen molar-refractivity contribution in [3.63, 3.8) is 0 Å². The summed E-state index contributed by atoms with van der Waals surface area (Å²) in [6.45, 7) is 5.67. The number of ether oxygens (including phenoxy) is 1. The van der Waals surface area contributed by atoms with Gasteiger partial charge in [-0.2, -0.15) is 0 Å². The molecular formula is C21H27ClN2O4S2. The molecule has 0 spiro atoms. The molecule has 1 heterocycles. The Morgan fingerprint density at radius 3 is 2.67 bits per heavy atom. The quantitative estimate of drug-likeness (QED) is 0.411. The molecule has 0 bridgehead atoms. The molecule has 3 N–H and O–H groups in total. The average molecular weight is 471 g/mol. The van der Waals surface area contributed by atoms with Gasteiger partial charge < -0.3 is 15.2 Å². The second kappa shape index (κ2) is 10.5. The predicted molar refractivity (Wildman–Crippen MR) is 127 cm³/mol. The molecule has 3 rings (SSSR count). The average Bonchev–Trinajstić information content (AvgIpc) is 2.93. The maximum absolute atomic E-state index is 11.3. The Hall–Kier alpha value is -1.84. The van der Waals surface area contributed by atoms with Crippen molar-refractivity contribution in [1.82, 2.24) is 5.32 Å². The van der Waals surface area contributed by atoms with E-state index in [0.29, 0.717) is 30.9 Å². The van der Waals surface area contributed by atoms with Gasteiger partial charge in [0.05, 0.1) is 12.4 Å². The van der Waals surface area contributed by atoms with Crippen LogP contribution < -0.4 is 14.8 Å². The number of benzene rings is 2. The van der Waals surface area contributed by atoms with Crippen LogP contribution in [0.15, 0.2) is 42.5 Å². The third-order valence-corrected chi connectivity index (χ3v) is 6.38. The first-order valence-electron chi connectivity index (χ1n) is 9.32. The minimum Gasteiger partial charge on any atom is -0.492 e. The maximum atomic E-state index is 11.3. The van der Waals surface area contributed by atoms with Crippen LogP contribution in [0.2, 0.25) is 0 Å². The van der Waals surface area contributed by atoms with Crippen molar-refractivity contribution >= 4 is 49.5 Å². The van der Waals surface area contributed by atoms with Crippen LogP contribution >= 0.6 is 23.7 Å². The number of thiophene rings is 1. The molecule has 2 aromatic carbocycles. The number of nitrogens with one attached hydrogen (secondary N) is 2. The molecule has 1 atom stereocenters. The fraction of sp³-hybridized carbons (Fsp3) is 0.333. The van der Waals surface area contributed by atoms with Gasteiger partial charge in [-0.05, 0) is 60.7 Å². The van der Waals surface area contributed by atoms with Crippen molar-refractivity contribution in [3.8, 4) is 5.75 Å². The summed E-state index contributed by atoms with van der Waals surface area (Å²) >= 11 is 1.77. The number of fused-ring (bicyclic) bond motifs is 1. The molecular weight excluding hydrogens is 444 g/mol. The Morgan fingerprint density at radius 2 is 1.93 bits per heavy atom. The van der Waals surface area contributed by atoms with E-state index in [4.69, 9.17) is 4.74 Å². The number of anilines is 1. The van der Waals surface area contributed by atoms with Gasteiger partial charge >= 0.3 is 0 Å². The molecule has 1 aromatic heterocycles. The fourth-order valence-electron chi connectivity index (χ4n) is 3.04. The summed E-state index contributed by atoms with van der Waals surface area (Å²) in [6, 6.07) is 12.9. The number of hydrogen-bond donors (Lipinski definition) is 3. The van der Waals surface area contributed by atoms with E-state index in [1.54, 1.807) is 35.6 Å². The summed E-state index contributed by atoms with van der Waals surface area (Å²) in [5.41, 5.74) is 2.39. The summed E-state index contributed by atoms with van der Waals surface area (Å²) in [7, 11) is -3.35. The number of halogens is 1. The van der Waals surface area contributed by atoms with Crippen molar-refractivity contribution in [2.75, 3.05) is 30.7 Å². The standard InChI is InChI=1S/C21H26N2O4S2.ClH/c1-14-15(2)28-21-12-18(7-8-19(14)21)27-10-9-22-13-20(24)16-5-4-6-17(11-16)23-29(3,25)26;/h4-8,11-12,20,22-24H,9-10,13H2,1-3H3;1H. The van der Waals surface area contributed by atoms with E-state index in [-0.39, 0.29) is 12.4 Å². The lowest BCUT2D eigenvalue weighted by Crippen LogP contribution is -2.26. The summed E-state index contributed by atoms with van der Waals surface area (Å²) in [6.07, 6.45) is 0.348. The molecule has 0 amide bonds. The van der Waals surface area contributed by atoms with Crippen LogP contribution in [0.4, 0.5) is 5.69 Å². The van der Waals surface area contributed by atoms with Crippen LogP contribution in [-0.2, 0) is 10.0 Å². The maximum Gasteiger partial charge on any atom is 0.229 e. The predicted octanol–water partition coefficient (Wildman–Crippen LogP) is 4.01. The van der Waals surface area contributed by atoms with E-state index in [1.165, 1.54) is 20.5 Å². The third kappa shape index (κ3) is 6.58. The SMILES string of the molecule is Cc1sc2cc(OCCNCC(O)c3cccc(NS(C)(=O)=O)c3)ccc2c1C.Cl. The zero-order valence-corrected chi connectivity index (χ0v) is 19.6. The highest BCUT2D eigenvalue weighted by atomic mass is 35.5.